The molecule has 2 aromatic carbocycles. The van der Waals surface area contributed by atoms with Crippen molar-refractivity contribution >= 4 is 23.2 Å². The Morgan fingerprint density at radius 3 is 2.45 bits per heavy atom. The zero-order chi connectivity index (χ0) is 15.9. The van der Waals surface area contributed by atoms with Crippen LogP contribution in [0, 0.1) is 11.6 Å². The van der Waals surface area contributed by atoms with Crippen LogP contribution >= 0.6 is 11.6 Å². The minimum atomic E-state index is -0.951. The van der Waals surface area contributed by atoms with Crippen molar-refractivity contribution in [2.45, 2.75) is 6.42 Å². The van der Waals surface area contributed by atoms with Gasteiger partial charge >= 0.3 is 0 Å². The Kier molecular flexibility index (Phi) is 5.72. The fraction of sp³-hybridized carbons (Fsp3) is 0.188. The third-order valence-electron chi connectivity index (χ3n) is 3.02. The average Bonchev–Trinajstić information content (AvgIpc) is 2.50. The van der Waals surface area contributed by atoms with Gasteiger partial charge in [-0.3, -0.25) is 4.79 Å². The quantitative estimate of drug-likeness (QED) is 0.855. The number of hydrogen-bond donors (Lipinski definition) is 2. The Balaban J connectivity index is 1.71. The van der Waals surface area contributed by atoms with Gasteiger partial charge in [-0.05, 0) is 36.2 Å². The van der Waals surface area contributed by atoms with Crippen molar-refractivity contribution in [2.24, 2.45) is 0 Å². The first-order chi connectivity index (χ1) is 10.5. The van der Waals surface area contributed by atoms with Gasteiger partial charge in [-0.15, -0.1) is 0 Å². The summed E-state index contributed by atoms with van der Waals surface area (Å²) in [6.45, 7) is 0.478. The van der Waals surface area contributed by atoms with Gasteiger partial charge in [0.1, 0.15) is 0 Å². The van der Waals surface area contributed by atoms with E-state index in [1.54, 1.807) is 12.1 Å². The summed E-state index contributed by atoms with van der Waals surface area (Å²) in [5.41, 5.74) is 1.42. The van der Waals surface area contributed by atoms with Crippen LogP contribution in [0.3, 0.4) is 0 Å². The van der Waals surface area contributed by atoms with Gasteiger partial charge in [-0.1, -0.05) is 23.7 Å². The molecule has 0 fully saturated rings. The lowest BCUT2D eigenvalue weighted by Gasteiger charge is -2.08. The van der Waals surface area contributed by atoms with Crippen LogP contribution in [0.4, 0.5) is 14.5 Å². The number of rotatable bonds is 6. The zero-order valence-electron chi connectivity index (χ0n) is 11.7. The van der Waals surface area contributed by atoms with Gasteiger partial charge < -0.3 is 10.6 Å². The Morgan fingerprint density at radius 1 is 1.05 bits per heavy atom. The first-order valence-corrected chi connectivity index (χ1v) is 7.12. The van der Waals surface area contributed by atoms with Crippen molar-refractivity contribution in [3.63, 3.8) is 0 Å². The molecule has 22 heavy (non-hydrogen) atoms. The summed E-state index contributed by atoms with van der Waals surface area (Å²) in [6.07, 6.45) is 0.689. The number of hydrogen-bond acceptors (Lipinski definition) is 2. The van der Waals surface area contributed by atoms with Crippen molar-refractivity contribution in [3.8, 4) is 0 Å². The smallest absolute Gasteiger partial charge is 0.239 e. The highest BCUT2D eigenvalue weighted by Gasteiger charge is 2.04. The highest BCUT2D eigenvalue weighted by atomic mass is 35.5. The van der Waals surface area contributed by atoms with E-state index >= 15 is 0 Å². The number of carbonyl (C=O) groups excluding carboxylic acids is 1. The second-order valence-electron chi connectivity index (χ2n) is 4.71. The van der Waals surface area contributed by atoms with Crippen LogP contribution in [-0.4, -0.2) is 19.0 Å². The summed E-state index contributed by atoms with van der Waals surface area (Å²) in [4.78, 5) is 11.7. The van der Waals surface area contributed by atoms with E-state index < -0.39 is 11.6 Å². The average molecular weight is 325 g/mol. The number of nitrogens with one attached hydrogen (secondary N) is 2. The minimum Gasteiger partial charge on any atom is -0.376 e. The maximum Gasteiger partial charge on any atom is 0.239 e. The molecule has 0 heterocycles. The maximum absolute atomic E-state index is 13.0. The molecule has 3 nitrogen and oxygen atoms in total. The van der Waals surface area contributed by atoms with Gasteiger partial charge in [-0.25, -0.2) is 8.78 Å². The molecule has 2 rings (SSSR count). The second kappa shape index (κ2) is 7.75. The topological polar surface area (TPSA) is 41.1 Å². The van der Waals surface area contributed by atoms with E-state index in [2.05, 4.69) is 10.6 Å². The van der Waals surface area contributed by atoms with Gasteiger partial charge in [0.2, 0.25) is 5.91 Å². The summed E-state index contributed by atoms with van der Waals surface area (Å²) < 4.78 is 25.8. The SMILES string of the molecule is O=C(CNc1ccc(F)c(F)c1)NCCc1ccc(Cl)cc1. The van der Waals surface area contributed by atoms with Crippen LogP contribution in [-0.2, 0) is 11.2 Å². The van der Waals surface area contributed by atoms with Gasteiger partial charge in [0.15, 0.2) is 11.6 Å². The lowest BCUT2D eigenvalue weighted by Crippen LogP contribution is -2.31. The molecular weight excluding hydrogens is 310 g/mol. The lowest BCUT2D eigenvalue weighted by atomic mass is 10.1. The number of anilines is 1. The molecule has 2 N–H and O–H groups in total. The van der Waals surface area contributed by atoms with Gasteiger partial charge in [0.25, 0.3) is 0 Å². The first-order valence-electron chi connectivity index (χ1n) is 6.74. The van der Waals surface area contributed by atoms with E-state index in [0.29, 0.717) is 23.7 Å². The number of halogens is 3. The summed E-state index contributed by atoms with van der Waals surface area (Å²) in [6, 6.07) is 10.8. The van der Waals surface area contributed by atoms with E-state index in [1.165, 1.54) is 6.07 Å². The fourth-order valence-electron chi connectivity index (χ4n) is 1.85. The third kappa shape index (κ3) is 5.00. The number of carbonyl (C=O) groups is 1. The van der Waals surface area contributed by atoms with Gasteiger partial charge in [-0.2, -0.15) is 0 Å². The standard InChI is InChI=1S/C16H15ClF2N2O/c17-12-3-1-11(2-4-12)7-8-20-16(22)10-21-13-5-6-14(18)15(19)9-13/h1-6,9,21H,7-8,10H2,(H,20,22). The minimum absolute atomic E-state index is 0.00824. The van der Waals surface area contributed by atoms with Crippen molar-refractivity contribution in [2.75, 3.05) is 18.4 Å². The number of amides is 1. The molecule has 0 aliphatic rings. The molecule has 116 valence electrons. The molecule has 0 aliphatic heterocycles. The van der Waals surface area contributed by atoms with E-state index in [9.17, 15) is 13.6 Å². The molecule has 0 saturated heterocycles. The van der Waals surface area contributed by atoms with E-state index in [4.69, 9.17) is 11.6 Å². The fourth-order valence-corrected chi connectivity index (χ4v) is 1.97. The zero-order valence-corrected chi connectivity index (χ0v) is 12.5. The van der Waals surface area contributed by atoms with Crippen LogP contribution in [0.25, 0.3) is 0 Å². The predicted octanol–water partition coefficient (Wildman–Crippen LogP) is 3.39. The Hall–Kier alpha value is -2.14. The molecule has 0 aromatic heterocycles. The normalized spacial score (nSPS) is 10.3. The van der Waals surface area contributed by atoms with Crippen LogP contribution in [0.2, 0.25) is 5.02 Å². The maximum atomic E-state index is 13.0. The lowest BCUT2D eigenvalue weighted by molar-refractivity contribution is -0.119. The molecule has 0 atom stereocenters. The Bertz CT molecular complexity index is 647. The molecule has 1 amide bonds. The van der Waals surface area contributed by atoms with Crippen LogP contribution in [0.5, 0.6) is 0 Å². The summed E-state index contributed by atoms with van der Waals surface area (Å²) in [7, 11) is 0. The van der Waals surface area contributed by atoms with Crippen LogP contribution < -0.4 is 10.6 Å². The molecule has 0 aliphatic carbocycles. The van der Waals surface area contributed by atoms with Gasteiger partial charge in [0.05, 0.1) is 6.54 Å². The van der Waals surface area contributed by atoms with Crippen molar-refractivity contribution in [3.05, 3.63) is 64.7 Å². The van der Waals surface area contributed by atoms with Crippen LogP contribution in [0.1, 0.15) is 5.56 Å². The molecule has 2 aromatic rings. The summed E-state index contributed by atoms with van der Waals surface area (Å²) in [5, 5.41) is 6.14. The second-order valence-corrected chi connectivity index (χ2v) is 5.15. The van der Waals surface area contributed by atoms with E-state index in [-0.39, 0.29) is 12.5 Å². The van der Waals surface area contributed by atoms with Crippen molar-refractivity contribution in [1.82, 2.24) is 5.32 Å². The largest absolute Gasteiger partial charge is 0.376 e. The number of benzene rings is 2. The molecule has 6 heteroatoms. The molecule has 0 radical (unpaired) electrons. The van der Waals surface area contributed by atoms with E-state index in [1.807, 2.05) is 12.1 Å². The molecule has 0 unspecified atom stereocenters. The highest BCUT2D eigenvalue weighted by Crippen LogP contribution is 2.12. The molecule has 0 saturated carbocycles. The Labute approximate surface area is 132 Å². The predicted molar refractivity (Wildman–Crippen MR) is 83.0 cm³/mol. The monoisotopic (exact) mass is 324 g/mol. The Morgan fingerprint density at radius 2 is 1.77 bits per heavy atom. The van der Waals surface area contributed by atoms with E-state index in [0.717, 1.165) is 17.7 Å². The van der Waals surface area contributed by atoms with Crippen molar-refractivity contribution in [1.29, 1.82) is 0 Å². The molecule has 0 bridgehead atoms. The van der Waals surface area contributed by atoms with Crippen LogP contribution in [0.15, 0.2) is 42.5 Å². The van der Waals surface area contributed by atoms with Crippen molar-refractivity contribution < 1.29 is 13.6 Å². The third-order valence-corrected chi connectivity index (χ3v) is 3.27. The van der Waals surface area contributed by atoms with Gasteiger partial charge in [0, 0.05) is 23.3 Å². The summed E-state index contributed by atoms with van der Waals surface area (Å²) in [5.74, 6) is -2.09. The first kappa shape index (κ1) is 16.2. The molecular formula is C16H15ClF2N2O. The highest BCUT2D eigenvalue weighted by molar-refractivity contribution is 6.30. The summed E-state index contributed by atoms with van der Waals surface area (Å²) >= 11 is 5.79. The molecule has 0 spiro atoms.